The van der Waals surface area contributed by atoms with Gasteiger partial charge in [-0.05, 0) is 12.8 Å². The van der Waals surface area contributed by atoms with Gasteiger partial charge in [0.05, 0.1) is 6.67 Å². The van der Waals surface area contributed by atoms with Crippen molar-refractivity contribution in [1.82, 2.24) is 5.32 Å². The maximum Gasteiger partial charge on any atom is 0.217 e. The minimum atomic E-state index is -0.350. The number of alkyl halides is 1. The SMILES string of the molecule is CCCCCC(CCF)NC(C)=O. The van der Waals surface area contributed by atoms with Gasteiger partial charge < -0.3 is 5.32 Å². The predicted octanol–water partition coefficient (Wildman–Crippen LogP) is 2.43. The summed E-state index contributed by atoms with van der Waals surface area (Å²) in [5, 5.41) is 2.76. The third kappa shape index (κ3) is 7.75. The molecule has 0 spiro atoms. The van der Waals surface area contributed by atoms with E-state index >= 15 is 0 Å². The Morgan fingerprint density at radius 1 is 1.38 bits per heavy atom. The number of rotatable bonds is 7. The Morgan fingerprint density at radius 2 is 2.08 bits per heavy atom. The molecule has 2 nitrogen and oxygen atoms in total. The van der Waals surface area contributed by atoms with Crippen molar-refractivity contribution in [3.63, 3.8) is 0 Å². The number of carbonyl (C=O) groups excluding carboxylic acids is 1. The molecule has 0 bridgehead atoms. The summed E-state index contributed by atoms with van der Waals surface area (Å²) in [5.41, 5.74) is 0. The van der Waals surface area contributed by atoms with Crippen molar-refractivity contribution in [2.24, 2.45) is 0 Å². The molecule has 3 heteroatoms. The largest absolute Gasteiger partial charge is 0.354 e. The highest BCUT2D eigenvalue weighted by atomic mass is 19.1. The van der Waals surface area contributed by atoms with Crippen molar-refractivity contribution in [3.8, 4) is 0 Å². The number of hydrogen-bond donors (Lipinski definition) is 1. The van der Waals surface area contributed by atoms with Gasteiger partial charge in [0.2, 0.25) is 5.91 Å². The number of halogens is 1. The molecule has 78 valence electrons. The monoisotopic (exact) mass is 189 g/mol. The average molecular weight is 189 g/mol. The van der Waals surface area contributed by atoms with Crippen molar-refractivity contribution in [2.75, 3.05) is 6.67 Å². The normalized spacial score (nSPS) is 12.5. The summed E-state index contributed by atoms with van der Waals surface area (Å²) in [6.07, 6.45) is 4.73. The van der Waals surface area contributed by atoms with Gasteiger partial charge in [-0.2, -0.15) is 0 Å². The van der Waals surface area contributed by atoms with Crippen LogP contribution in [0.2, 0.25) is 0 Å². The molecule has 0 radical (unpaired) electrons. The van der Waals surface area contributed by atoms with E-state index < -0.39 is 0 Å². The van der Waals surface area contributed by atoms with Gasteiger partial charge in [0.25, 0.3) is 0 Å². The first-order valence-electron chi connectivity index (χ1n) is 5.03. The van der Waals surface area contributed by atoms with Gasteiger partial charge in [0, 0.05) is 13.0 Å². The molecule has 0 aromatic carbocycles. The molecule has 0 aliphatic rings. The van der Waals surface area contributed by atoms with E-state index in [1.165, 1.54) is 6.92 Å². The van der Waals surface area contributed by atoms with E-state index in [0.717, 1.165) is 25.7 Å². The molecule has 0 saturated carbocycles. The Kier molecular flexibility index (Phi) is 7.65. The van der Waals surface area contributed by atoms with Gasteiger partial charge in [-0.3, -0.25) is 9.18 Å². The van der Waals surface area contributed by atoms with Gasteiger partial charge in [-0.15, -0.1) is 0 Å². The van der Waals surface area contributed by atoms with Gasteiger partial charge in [-0.25, -0.2) is 0 Å². The second-order valence-corrected chi connectivity index (χ2v) is 3.37. The molecule has 0 aromatic heterocycles. The second kappa shape index (κ2) is 8.02. The number of nitrogens with one attached hydrogen (secondary N) is 1. The van der Waals surface area contributed by atoms with E-state index in [0.29, 0.717) is 6.42 Å². The van der Waals surface area contributed by atoms with Crippen molar-refractivity contribution < 1.29 is 9.18 Å². The number of hydrogen-bond acceptors (Lipinski definition) is 1. The Balaban J connectivity index is 3.59. The number of amides is 1. The second-order valence-electron chi connectivity index (χ2n) is 3.37. The quantitative estimate of drug-likeness (QED) is 0.612. The van der Waals surface area contributed by atoms with E-state index in [1.54, 1.807) is 0 Å². The van der Waals surface area contributed by atoms with Crippen LogP contribution in [0.25, 0.3) is 0 Å². The summed E-state index contributed by atoms with van der Waals surface area (Å²) in [5.74, 6) is -0.0602. The summed E-state index contributed by atoms with van der Waals surface area (Å²) in [7, 11) is 0. The van der Waals surface area contributed by atoms with E-state index in [1.807, 2.05) is 0 Å². The van der Waals surface area contributed by atoms with Crippen LogP contribution in [-0.2, 0) is 4.79 Å². The maximum atomic E-state index is 12.1. The lowest BCUT2D eigenvalue weighted by molar-refractivity contribution is -0.119. The van der Waals surface area contributed by atoms with Crippen LogP contribution in [0, 0.1) is 0 Å². The van der Waals surface area contributed by atoms with Crippen LogP contribution < -0.4 is 5.32 Å². The average Bonchev–Trinajstić information content (AvgIpc) is 2.04. The molecule has 0 rings (SSSR count). The van der Waals surface area contributed by atoms with Crippen molar-refractivity contribution in [2.45, 2.75) is 52.0 Å². The number of unbranched alkanes of at least 4 members (excludes halogenated alkanes) is 2. The van der Waals surface area contributed by atoms with Crippen LogP contribution in [0.4, 0.5) is 4.39 Å². The van der Waals surface area contributed by atoms with Gasteiger partial charge >= 0.3 is 0 Å². The zero-order valence-corrected chi connectivity index (χ0v) is 8.61. The van der Waals surface area contributed by atoms with Gasteiger partial charge in [0.15, 0.2) is 0 Å². The Morgan fingerprint density at radius 3 is 2.54 bits per heavy atom. The fourth-order valence-electron chi connectivity index (χ4n) is 1.35. The van der Waals surface area contributed by atoms with E-state index in [-0.39, 0.29) is 18.6 Å². The molecule has 0 aromatic rings. The van der Waals surface area contributed by atoms with Crippen LogP contribution in [0.15, 0.2) is 0 Å². The Bertz CT molecular complexity index is 139. The van der Waals surface area contributed by atoms with E-state index in [2.05, 4.69) is 12.2 Å². The third-order valence-electron chi connectivity index (χ3n) is 2.02. The third-order valence-corrected chi connectivity index (χ3v) is 2.02. The first kappa shape index (κ1) is 12.4. The van der Waals surface area contributed by atoms with E-state index in [4.69, 9.17) is 0 Å². The molecule has 0 fully saturated rings. The summed E-state index contributed by atoms with van der Waals surface area (Å²) < 4.78 is 12.1. The van der Waals surface area contributed by atoms with Crippen LogP contribution in [0.1, 0.15) is 46.0 Å². The van der Waals surface area contributed by atoms with Gasteiger partial charge in [-0.1, -0.05) is 26.2 Å². The molecular formula is C10H20FNO. The first-order valence-corrected chi connectivity index (χ1v) is 5.03. The molecule has 1 N–H and O–H groups in total. The molecule has 0 heterocycles. The zero-order chi connectivity index (χ0) is 10.1. The molecule has 1 unspecified atom stereocenters. The van der Waals surface area contributed by atoms with Crippen LogP contribution >= 0.6 is 0 Å². The highest BCUT2D eigenvalue weighted by Crippen LogP contribution is 2.06. The minimum Gasteiger partial charge on any atom is -0.354 e. The molecule has 1 atom stereocenters. The highest BCUT2D eigenvalue weighted by molar-refractivity contribution is 5.73. The van der Waals surface area contributed by atoms with Crippen molar-refractivity contribution in [1.29, 1.82) is 0 Å². The minimum absolute atomic E-state index is 0.0362. The van der Waals surface area contributed by atoms with Crippen molar-refractivity contribution in [3.05, 3.63) is 0 Å². The van der Waals surface area contributed by atoms with Crippen LogP contribution in [-0.4, -0.2) is 18.6 Å². The fourth-order valence-corrected chi connectivity index (χ4v) is 1.35. The smallest absolute Gasteiger partial charge is 0.217 e. The topological polar surface area (TPSA) is 29.1 Å². The summed E-state index contributed by atoms with van der Waals surface area (Å²) in [6, 6.07) is 0.0362. The maximum absolute atomic E-state index is 12.1. The standard InChI is InChI=1S/C10H20FNO/c1-3-4-5-6-10(7-8-11)12-9(2)13/h10H,3-8H2,1-2H3,(H,12,13). The molecular weight excluding hydrogens is 169 g/mol. The summed E-state index contributed by atoms with van der Waals surface area (Å²) in [6.45, 7) is 3.25. The zero-order valence-electron chi connectivity index (χ0n) is 8.61. The van der Waals surface area contributed by atoms with Crippen molar-refractivity contribution >= 4 is 5.91 Å². The van der Waals surface area contributed by atoms with E-state index in [9.17, 15) is 9.18 Å². The molecule has 1 amide bonds. The van der Waals surface area contributed by atoms with Gasteiger partial charge in [0.1, 0.15) is 0 Å². The summed E-state index contributed by atoms with van der Waals surface area (Å²) >= 11 is 0. The Labute approximate surface area is 79.9 Å². The fraction of sp³-hybridized carbons (Fsp3) is 0.900. The summed E-state index contributed by atoms with van der Waals surface area (Å²) in [4.78, 5) is 10.7. The predicted molar refractivity (Wildman–Crippen MR) is 52.3 cm³/mol. The Hall–Kier alpha value is -0.600. The highest BCUT2D eigenvalue weighted by Gasteiger charge is 2.08. The lowest BCUT2D eigenvalue weighted by Gasteiger charge is -2.15. The lowest BCUT2D eigenvalue weighted by atomic mass is 10.1. The molecule has 0 aliphatic heterocycles. The van der Waals surface area contributed by atoms with Crippen LogP contribution in [0.3, 0.4) is 0 Å². The van der Waals surface area contributed by atoms with Crippen LogP contribution in [0.5, 0.6) is 0 Å². The lowest BCUT2D eigenvalue weighted by Crippen LogP contribution is -2.33. The first-order chi connectivity index (χ1) is 6.20. The molecule has 0 saturated heterocycles. The number of carbonyl (C=O) groups is 1. The molecule has 13 heavy (non-hydrogen) atoms. The molecule has 0 aliphatic carbocycles.